The fraction of sp³-hybridized carbons (Fsp3) is 0.0588. The van der Waals surface area contributed by atoms with Crippen LogP contribution in [0.5, 0.6) is 0 Å². The van der Waals surface area contributed by atoms with E-state index in [0.29, 0.717) is 0 Å². The summed E-state index contributed by atoms with van der Waals surface area (Å²) in [6.45, 7) is 0. The van der Waals surface area contributed by atoms with Gasteiger partial charge in [-0.05, 0) is 24.3 Å². The summed E-state index contributed by atoms with van der Waals surface area (Å²) < 4.78 is 25.5. The van der Waals surface area contributed by atoms with E-state index in [-0.39, 0.29) is 21.2 Å². The number of halogens is 1. The van der Waals surface area contributed by atoms with E-state index >= 15 is 0 Å². The van der Waals surface area contributed by atoms with Gasteiger partial charge in [-0.1, -0.05) is 23.7 Å². The average Bonchev–Trinajstić information content (AvgIpc) is 2.59. The number of carbonyl (C=O) groups is 2. The Morgan fingerprint density at radius 2 is 1.78 bits per heavy atom. The minimum atomic E-state index is -4.44. The topological polar surface area (TPSA) is 135 Å². The number of carboxylic acid groups (broad SMARTS) is 1. The number of hydrogen-bond donors (Lipinski definition) is 3. The summed E-state index contributed by atoms with van der Waals surface area (Å²) in [5.74, 6) is -3.30. The van der Waals surface area contributed by atoms with Crippen molar-refractivity contribution in [2.45, 2.75) is 4.90 Å². The molecule has 1 heterocycles. The van der Waals surface area contributed by atoms with Gasteiger partial charge in [0.1, 0.15) is 10.5 Å². The summed E-state index contributed by atoms with van der Waals surface area (Å²) in [4.78, 5) is 23.6. The Morgan fingerprint density at radius 1 is 1.15 bits per heavy atom. The molecule has 8 nitrogen and oxygen atoms in total. The number of carbonyl (C=O) groups excluding carboxylic acids is 1. The number of fused-ring (bicyclic) bond motifs is 1. The van der Waals surface area contributed by atoms with Gasteiger partial charge in [-0.3, -0.25) is 4.79 Å². The smallest absolute Gasteiger partial charge is 0.341 e. The molecular formula is C17H14ClN2O6S+. The molecule has 4 N–H and O–H groups in total. The lowest BCUT2D eigenvalue weighted by molar-refractivity contribution is -0.115. The second kappa shape index (κ2) is 6.08. The molecule has 3 rings (SSSR count). The first kappa shape index (κ1) is 18.9. The minimum absolute atomic E-state index is 0.0479. The maximum absolute atomic E-state index is 13.5. The lowest BCUT2D eigenvalue weighted by atomic mass is 10.1. The van der Waals surface area contributed by atoms with Crippen LogP contribution in [-0.2, 0) is 14.8 Å². The molecule has 1 aliphatic heterocycles. The molecule has 0 saturated carbocycles. The number of aromatic carboxylic acids is 1. The van der Waals surface area contributed by atoms with E-state index in [1.807, 2.05) is 0 Å². The molecule has 10 heteroatoms. The van der Waals surface area contributed by atoms with Crippen LogP contribution in [0.2, 0.25) is 5.02 Å². The van der Waals surface area contributed by atoms with Crippen LogP contribution in [0.15, 0.2) is 53.1 Å². The van der Waals surface area contributed by atoms with Crippen molar-refractivity contribution in [3.05, 3.63) is 64.3 Å². The van der Waals surface area contributed by atoms with Gasteiger partial charge in [0, 0.05) is 16.7 Å². The van der Waals surface area contributed by atoms with Gasteiger partial charge in [0.25, 0.3) is 5.70 Å². The third-order valence-electron chi connectivity index (χ3n) is 4.44. The van der Waals surface area contributed by atoms with Crippen LogP contribution in [0.25, 0.3) is 5.76 Å². The number of benzene rings is 2. The highest BCUT2D eigenvalue weighted by Crippen LogP contribution is 2.45. The van der Waals surface area contributed by atoms with Crippen LogP contribution < -0.4 is 9.62 Å². The second-order valence-corrected chi connectivity index (χ2v) is 8.48. The van der Waals surface area contributed by atoms with Gasteiger partial charge < -0.3 is 15.9 Å². The molecule has 2 aromatic rings. The molecule has 0 spiro atoms. The standard InChI is InChI=1S/C17H13ClN2O6S/c1-20(12-8-9(18)6-7-10(12)17(23)24)14(16(19)22)15(21)11-4-2-3-5-13(11)27(20,25)26/h2-8H,1H3,(H3-,19,21,22,23,24)/p+1. The summed E-state index contributed by atoms with van der Waals surface area (Å²) in [6, 6.07) is 9.02. The molecule has 0 saturated heterocycles. The third-order valence-corrected chi connectivity index (χ3v) is 6.92. The molecule has 2 aromatic carbocycles. The van der Waals surface area contributed by atoms with Crippen LogP contribution in [-0.4, -0.2) is 37.6 Å². The quantitative estimate of drug-likeness (QED) is 0.664. The second-order valence-electron chi connectivity index (χ2n) is 5.92. The number of hydrogen-bond acceptors (Lipinski definition) is 5. The van der Waals surface area contributed by atoms with Crippen LogP contribution in [0.1, 0.15) is 15.9 Å². The van der Waals surface area contributed by atoms with Crippen molar-refractivity contribution in [1.29, 1.82) is 0 Å². The molecular weight excluding hydrogens is 396 g/mol. The first-order valence-electron chi connectivity index (χ1n) is 7.51. The molecule has 27 heavy (non-hydrogen) atoms. The van der Waals surface area contributed by atoms with Gasteiger partial charge in [-0.25, -0.2) is 4.79 Å². The molecule has 0 aliphatic carbocycles. The van der Waals surface area contributed by atoms with Gasteiger partial charge in [0.05, 0.1) is 7.05 Å². The van der Waals surface area contributed by atoms with E-state index < -0.39 is 42.8 Å². The Labute approximate surface area is 159 Å². The molecule has 1 amide bonds. The first-order chi connectivity index (χ1) is 12.5. The van der Waals surface area contributed by atoms with Crippen molar-refractivity contribution in [3.63, 3.8) is 0 Å². The fourth-order valence-corrected chi connectivity index (χ4v) is 5.23. The zero-order chi connectivity index (χ0) is 20.1. The van der Waals surface area contributed by atoms with E-state index in [4.69, 9.17) is 17.3 Å². The Kier molecular flexibility index (Phi) is 4.26. The van der Waals surface area contributed by atoms with Gasteiger partial charge >= 0.3 is 21.9 Å². The number of aliphatic hydroxyl groups is 1. The monoisotopic (exact) mass is 409 g/mol. The average molecular weight is 410 g/mol. The largest absolute Gasteiger partial charge is 0.502 e. The third kappa shape index (κ3) is 2.51. The SMILES string of the molecule is C[N+]1(c2cc(Cl)ccc2C(=O)O)C(C(N)=O)=C(O)c2ccccc2S1(=O)=O. The highest BCUT2D eigenvalue weighted by atomic mass is 35.5. The van der Waals surface area contributed by atoms with Crippen molar-refractivity contribution in [1.82, 2.24) is 3.89 Å². The number of nitrogens with zero attached hydrogens (tertiary/aromatic N) is 1. The highest BCUT2D eigenvalue weighted by molar-refractivity contribution is 7.91. The first-order valence-corrected chi connectivity index (χ1v) is 9.33. The van der Waals surface area contributed by atoms with Crippen LogP contribution in [0.4, 0.5) is 5.69 Å². The number of rotatable bonds is 3. The lowest BCUT2D eigenvalue weighted by Crippen LogP contribution is -2.55. The van der Waals surface area contributed by atoms with Gasteiger partial charge in [-0.2, -0.15) is 8.42 Å². The number of carboxylic acids is 1. The van der Waals surface area contributed by atoms with Crippen molar-refractivity contribution in [3.8, 4) is 0 Å². The summed E-state index contributed by atoms with van der Waals surface area (Å²) in [5, 5.41) is 20.2. The van der Waals surface area contributed by atoms with Gasteiger partial charge in [0.2, 0.25) is 0 Å². The van der Waals surface area contributed by atoms with Gasteiger partial charge in [0.15, 0.2) is 11.4 Å². The molecule has 1 aliphatic rings. The Balaban J connectivity index is 2.55. The normalized spacial score (nSPS) is 20.8. The van der Waals surface area contributed by atoms with Crippen molar-refractivity contribution < 1.29 is 28.2 Å². The number of nitrogens with two attached hydrogens (primary N) is 1. The van der Waals surface area contributed by atoms with E-state index in [1.54, 1.807) is 0 Å². The number of primary amides is 1. The molecule has 0 bridgehead atoms. The van der Waals surface area contributed by atoms with Gasteiger partial charge in [-0.15, -0.1) is 3.89 Å². The van der Waals surface area contributed by atoms with E-state index in [2.05, 4.69) is 0 Å². The molecule has 0 radical (unpaired) electrons. The minimum Gasteiger partial charge on any atom is -0.502 e. The van der Waals surface area contributed by atoms with Crippen LogP contribution >= 0.6 is 11.6 Å². The molecule has 1 atom stereocenters. The molecule has 0 aromatic heterocycles. The number of likely N-dealkylation sites (N-methyl/N-ethyl adjacent to an activating group) is 1. The Bertz CT molecular complexity index is 1140. The summed E-state index contributed by atoms with van der Waals surface area (Å²) in [5.41, 5.74) is 3.88. The van der Waals surface area contributed by atoms with Crippen LogP contribution in [0.3, 0.4) is 0 Å². The van der Waals surface area contributed by atoms with Crippen LogP contribution in [0, 0.1) is 0 Å². The molecule has 1 unspecified atom stereocenters. The van der Waals surface area contributed by atoms with E-state index in [0.717, 1.165) is 19.2 Å². The van der Waals surface area contributed by atoms with Crippen molar-refractivity contribution in [2.24, 2.45) is 5.73 Å². The lowest BCUT2D eigenvalue weighted by Gasteiger charge is -2.36. The summed E-state index contributed by atoms with van der Waals surface area (Å²) in [7, 11) is -3.37. The molecule has 140 valence electrons. The van der Waals surface area contributed by atoms with E-state index in [9.17, 15) is 28.2 Å². The van der Waals surface area contributed by atoms with E-state index in [1.165, 1.54) is 30.3 Å². The highest BCUT2D eigenvalue weighted by Gasteiger charge is 2.55. The maximum atomic E-state index is 13.5. The zero-order valence-electron chi connectivity index (χ0n) is 13.9. The molecule has 0 fully saturated rings. The number of quaternary nitrogens is 1. The predicted octanol–water partition coefficient (Wildman–Crippen LogP) is 2.09. The summed E-state index contributed by atoms with van der Waals surface area (Å²) >= 11 is 5.97. The Morgan fingerprint density at radius 3 is 2.37 bits per heavy atom. The summed E-state index contributed by atoms with van der Waals surface area (Å²) in [6.07, 6.45) is 0. The fourth-order valence-electron chi connectivity index (χ4n) is 3.15. The number of amides is 1. The van der Waals surface area contributed by atoms with Crippen molar-refractivity contribution >= 4 is 44.9 Å². The maximum Gasteiger partial charge on any atom is 0.341 e. The zero-order valence-corrected chi connectivity index (χ0v) is 15.5. The van der Waals surface area contributed by atoms with Crippen molar-refractivity contribution in [2.75, 3.05) is 7.05 Å². The predicted molar refractivity (Wildman–Crippen MR) is 98.5 cm³/mol. The number of sulfonamides is 1. The number of aliphatic hydroxyl groups excluding tert-OH is 1. The Hall–Kier alpha value is -2.88.